The lowest BCUT2D eigenvalue weighted by atomic mass is 10.2. The molecule has 12 nitrogen and oxygen atoms in total. The standard InChI is InChI=1S/C22H30N4O8/c1-20(2,3)32-17(27)24(18(28)33-21(4,5)6)16-14-12-13(26(30)31)10-11-15(14)25(23-16)19(29)34-22(7,8)9/h10-12H,1-9H3. The van der Waals surface area contributed by atoms with Gasteiger partial charge in [0, 0.05) is 12.1 Å². The molecule has 0 aliphatic heterocycles. The van der Waals surface area contributed by atoms with Gasteiger partial charge in [-0.1, -0.05) is 0 Å². The second-order valence-electron chi connectivity index (χ2n) is 10.5. The number of amides is 2. The molecule has 0 N–H and O–H groups in total. The van der Waals surface area contributed by atoms with Crippen molar-refractivity contribution in [1.82, 2.24) is 9.78 Å². The predicted molar refractivity (Wildman–Crippen MR) is 123 cm³/mol. The first-order chi connectivity index (χ1) is 15.3. The minimum absolute atomic E-state index is 0.0308. The van der Waals surface area contributed by atoms with Crippen LogP contribution in [0.2, 0.25) is 0 Å². The summed E-state index contributed by atoms with van der Waals surface area (Å²) in [5, 5.41) is 15.5. The van der Waals surface area contributed by atoms with Crippen LogP contribution in [0.3, 0.4) is 0 Å². The van der Waals surface area contributed by atoms with E-state index < -0.39 is 40.0 Å². The van der Waals surface area contributed by atoms with Gasteiger partial charge in [0.1, 0.15) is 16.8 Å². The molecule has 0 fully saturated rings. The van der Waals surface area contributed by atoms with Gasteiger partial charge in [-0.3, -0.25) is 10.1 Å². The Morgan fingerprint density at radius 3 is 1.76 bits per heavy atom. The predicted octanol–water partition coefficient (Wildman–Crippen LogP) is 5.40. The first-order valence-electron chi connectivity index (χ1n) is 10.5. The number of fused-ring (bicyclic) bond motifs is 1. The highest BCUT2D eigenvalue weighted by Crippen LogP contribution is 2.32. The van der Waals surface area contributed by atoms with E-state index in [1.54, 1.807) is 62.3 Å². The molecule has 0 saturated carbocycles. The molecule has 2 rings (SSSR count). The van der Waals surface area contributed by atoms with E-state index in [1.807, 2.05) is 0 Å². The number of benzene rings is 1. The first-order valence-corrected chi connectivity index (χ1v) is 10.5. The number of anilines is 1. The number of imide groups is 1. The fourth-order valence-corrected chi connectivity index (χ4v) is 2.68. The Balaban J connectivity index is 2.80. The van der Waals surface area contributed by atoms with Gasteiger partial charge in [0.15, 0.2) is 5.82 Å². The summed E-state index contributed by atoms with van der Waals surface area (Å²) in [6.07, 6.45) is -3.18. The van der Waals surface area contributed by atoms with Crippen molar-refractivity contribution in [3.8, 4) is 0 Å². The molecule has 0 aliphatic rings. The van der Waals surface area contributed by atoms with Crippen molar-refractivity contribution in [3.63, 3.8) is 0 Å². The SMILES string of the molecule is CC(C)(C)OC(=O)N(C(=O)OC(C)(C)C)c1nn(C(=O)OC(C)(C)C)c2ccc([N+](=O)[O-])cc12. The molecule has 1 heterocycles. The number of nitrogens with zero attached hydrogens (tertiary/aromatic N) is 4. The number of aromatic nitrogens is 2. The summed E-state index contributed by atoms with van der Waals surface area (Å²) in [5.74, 6) is -0.381. The number of nitro benzene ring substituents is 1. The molecule has 1 aromatic heterocycles. The Kier molecular flexibility index (Phi) is 6.96. The second-order valence-corrected chi connectivity index (χ2v) is 10.5. The van der Waals surface area contributed by atoms with Crippen molar-refractivity contribution in [2.75, 3.05) is 4.90 Å². The zero-order chi connectivity index (χ0) is 26.2. The molecule has 0 aliphatic carbocycles. The number of hydrogen-bond acceptors (Lipinski definition) is 9. The molecule has 2 aromatic rings. The van der Waals surface area contributed by atoms with Gasteiger partial charge in [0.2, 0.25) is 0 Å². The summed E-state index contributed by atoms with van der Waals surface area (Å²) < 4.78 is 16.9. The maximum Gasteiger partial charge on any atom is 0.435 e. The van der Waals surface area contributed by atoms with Crippen molar-refractivity contribution in [3.05, 3.63) is 28.3 Å². The molecule has 0 unspecified atom stereocenters. The molecule has 186 valence electrons. The number of carbonyl (C=O) groups is 3. The van der Waals surface area contributed by atoms with Crippen molar-refractivity contribution in [2.24, 2.45) is 0 Å². The van der Waals surface area contributed by atoms with Gasteiger partial charge in [-0.25, -0.2) is 14.4 Å². The van der Waals surface area contributed by atoms with Crippen LogP contribution in [-0.4, -0.2) is 49.8 Å². The Hall–Kier alpha value is -3.70. The van der Waals surface area contributed by atoms with Crippen molar-refractivity contribution < 1.29 is 33.5 Å². The van der Waals surface area contributed by atoms with Gasteiger partial charge in [0.25, 0.3) is 5.69 Å². The maximum absolute atomic E-state index is 13.1. The van der Waals surface area contributed by atoms with Crippen LogP contribution in [-0.2, 0) is 14.2 Å². The van der Waals surface area contributed by atoms with Crippen molar-refractivity contribution in [2.45, 2.75) is 79.1 Å². The molecule has 0 bridgehead atoms. The minimum atomic E-state index is -1.14. The van der Waals surface area contributed by atoms with Crippen LogP contribution in [0.25, 0.3) is 10.9 Å². The van der Waals surface area contributed by atoms with Crippen molar-refractivity contribution >= 4 is 40.7 Å². The summed E-state index contributed by atoms with van der Waals surface area (Å²) >= 11 is 0. The Labute approximate surface area is 196 Å². The number of rotatable bonds is 2. The average molecular weight is 479 g/mol. The summed E-state index contributed by atoms with van der Waals surface area (Å²) in [4.78, 5) is 50.2. The van der Waals surface area contributed by atoms with E-state index in [0.29, 0.717) is 4.90 Å². The van der Waals surface area contributed by atoms with Gasteiger partial charge < -0.3 is 14.2 Å². The molecule has 0 spiro atoms. The summed E-state index contributed by atoms with van der Waals surface area (Å²) in [6.45, 7) is 14.5. The third-order valence-corrected chi connectivity index (χ3v) is 3.79. The molecule has 0 atom stereocenters. The maximum atomic E-state index is 13.1. The second kappa shape index (κ2) is 8.92. The molecule has 2 amide bonds. The quantitative estimate of drug-likeness (QED) is 0.314. The normalized spacial score (nSPS) is 12.3. The Morgan fingerprint density at radius 1 is 0.882 bits per heavy atom. The summed E-state index contributed by atoms with van der Waals surface area (Å²) in [5.41, 5.74) is -3.13. The van der Waals surface area contributed by atoms with Crippen molar-refractivity contribution in [1.29, 1.82) is 0 Å². The number of carbonyl (C=O) groups excluding carboxylic acids is 3. The van der Waals surface area contributed by atoms with Crippen LogP contribution in [0.15, 0.2) is 18.2 Å². The molecular weight excluding hydrogens is 448 g/mol. The van der Waals surface area contributed by atoms with Gasteiger partial charge in [0.05, 0.1) is 15.8 Å². The summed E-state index contributed by atoms with van der Waals surface area (Å²) in [7, 11) is 0. The van der Waals surface area contributed by atoms with E-state index in [9.17, 15) is 24.5 Å². The van der Waals surface area contributed by atoms with Crippen LogP contribution >= 0.6 is 0 Å². The highest BCUT2D eigenvalue weighted by molar-refractivity contribution is 6.14. The van der Waals surface area contributed by atoms with Gasteiger partial charge >= 0.3 is 18.3 Å². The summed E-state index contributed by atoms with van der Waals surface area (Å²) in [6, 6.07) is 3.54. The van der Waals surface area contributed by atoms with E-state index in [0.717, 1.165) is 10.7 Å². The van der Waals surface area contributed by atoms with Gasteiger partial charge in [-0.05, 0) is 68.4 Å². The van der Waals surface area contributed by atoms with Crippen LogP contribution in [0, 0.1) is 10.1 Å². The molecule has 1 aromatic carbocycles. The molecule has 0 saturated heterocycles. The van der Waals surface area contributed by atoms with E-state index in [2.05, 4.69) is 5.10 Å². The average Bonchev–Trinajstić information content (AvgIpc) is 2.96. The lowest BCUT2D eigenvalue weighted by Gasteiger charge is -2.27. The third kappa shape index (κ3) is 6.65. The Morgan fingerprint density at radius 2 is 1.35 bits per heavy atom. The number of hydrogen-bond donors (Lipinski definition) is 0. The minimum Gasteiger partial charge on any atom is -0.443 e. The van der Waals surface area contributed by atoms with E-state index >= 15 is 0 Å². The van der Waals surface area contributed by atoms with Crippen LogP contribution in [0.4, 0.5) is 25.9 Å². The molecule has 0 radical (unpaired) electrons. The van der Waals surface area contributed by atoms with Gasteiger partial charge in [-0.15, -0.1) is 5.10 Å². The van der Waals surface area contributed by atoms with E-state index in [4.69, 9.17) is 14.2 Å². The largest absolute Gasteiger partial charge is 0.443 e. The highest BCUT2D eigenvalue weighted by atomic mass is 16.6. The fourth-order valence-electron chi connectivity index (χ4n) is 2.68. The van der Waals surface area contributed by atoms with Crippen LogP contribution in [0.1, 0.15) is 62.3 Å². The number of ether oxygens (including phenoxy) is 3. The van der Waals surface area contributed by atoms with E-state index in [-0.39, 0.29) is 22.4 Å². The number of non-ortho nitro benzene ring substituents is 1. The lowest BCUT2D eigenvalue weighted by Crippen LogP contribution is -2.44. The first kappa shape index (κ1) is 26.6. The fraction of sp³-hybridized carbons (Fsp3) is 0.545. The zero-order valence-electron chi connectivity index (χ0n) is 20.8. The van der Waals surface area contributed by atoms with Crippen LogP contribution in [0.5, 0.6) is 0 Å². The molecule has 12 heteroatoms. The molecular formula is C22H30N4O8. The highest BCUT2D eigenvalue weighted by Gasteiger charge is 2.37. The Bertz CT molecular complexity index is 1100. The lowest BCUT2D eigenvalue weighted by molar-refractivity contribution is -0.384. The molecule has 34 heavy (non-hydrogen) atoms. The smallest absolute Gasteiger partial charge is 0.435 e. The van der Waals surface area contributed by atoms with E-state index in [1.165, 1.54) is 12.1 Å². The monoisotopic (exact) mass is 478 g/mol. The van der Waals surface area contributed by atoms with Crippen LogP contribution < -0.4 is 4.90 Å². The zero-order valence-corrected chi connectivity index (χ0v) is 20.8. The van der Waals surface area contributed by atoms with Gasteiger partial charge in [-0.2, -0.15) is 9.58 Å². The number of nitro groups is 1. The topological polar surface area (TPSA) is 143 Å². The third-order valence-electron chi connectivity index (χ3n) is 3.79.